The maximum atomic E-state index is 10.9. The lowest BCUT2D eigenvalue weighted by Crippen LogP contribution is -2.66. The van der Waals surface area contributed by atoms with Crippen LogP contribution >= 0.6 is 0 Å². The van der Waals surface area contributed by atoms with Crippen LogP contribution in [-0.2, 0) is 14.3 Å². The lowest BCUT2D eigenvalue weighted by atomic mass is 9.89. The molecule has 0 aromatic carbocycles. The van der Waals surface area contributed by atoms with E-state index in [0.29, 0.717) is 0 Å². The van der Waals surface area contributed by atoms with Gasteiger partial charge in [0, 0.05) is 6.42 Å². The fourth-order valence-corrected chi connectivity index (χ4v) is 2.01. The number of carbonyl (C=O) groups excluding carboxylic acids is 1. The van der Waals surface area contributed by atoms with E-state index >= 15 is 0 Å². The van der Waals surface area contributed by atoms with Crippen LogP contribution in [0.4, 0.5) is 0 Å². The monoisotopic (exact) mass is 295 g/mol. The normalized spacial score (nSPS) is 37.0. The second kappa shape index (κ2) is 6.43. The van der Waals surface area contributed by atoms with Crippen molar-refractivity contribution in [1.82, 2.24) is 5.32 Å². The van der Waals surface area contributed by atoms with Crippen molar-refractivity contribution in [3.8, 4) is 0 Å². The molecular formula is C10H17NO9. The molecule has 7 N–H and O–H groups in total. The molecule has 1 fully saturated rings. The van der Waals surface area contributed by atoms with Crippen molar-refractivity contribution in [3.05, 3.63) is 0 Å². The summed E-state index contributed by atoms with van der Waals surface area (Å²) in [6.07, 6.45) is -7.27. The lowest BCUT2D eigenvalue weighted by molar-refractivity contribution is -0.294. The maximum absolute atomic E-state index is 10.9. The lowest BCUT2D eigenvalue weighted by Gasteiger charge is -2.44. The Morgan fingerprint density at radius 3 is 2.55 bits per heavy atom. The van der Waals surface area contributed by atoms with Gasteiger partial charge in [0.05, 0.1) is 18.8 Å². The molecule has 6 atom stereocenters. The van der Waals surface area contributed by atoms with Gasteiger partial charge in [0.25, 0.3) is 5.79 Å². The van der Waals surface area contributed by atoms with E-state index in [0.717, 1.165) is 0 Å². The van der Waals surface area contributed by atoms with Crippen molar-refractivity contribution in [2.75, 3.05) is 6.61 Å². The van der Waals surface area contributed by atoms with Crippen LogP contribution in [0.25, 0.3) is 0 Å². The molecule has 0 spiro atoms. The summed E-state index contributed by atoms with van der Waals surface area (Å²) in [6.45, 7) is -0.865. The number of amides is 1. The molecule has 1 saturated heterocycles. The smallest absolute Gasteiger partial charge is 0.364 e. The van der Waals surface area contributed by atoms with Gasteiger partial charge in [0.1, 0.15) is 18.3 Å². The van der Waals surface area contributed by atoms with Gasteiger partial charge in [-0.2, -0.15) is 0 Å². The third-order valence-electron chi connectivity index (χ3n) is 3.10. The van der Waals surface area contributed by atoms with Gasteiger partial charge >= 0.3 is 5.97 Å². The molecule has 0 aliphatic carbocycles. The predicted molar refractivity (Wildman–Crippen MR) is 60.2 cm³/mol. The SMILES string of the molecule is O=CN[C@@H]1[C@@H]([C@@H](O)[C@@H](O)CO)O[C@](O)(C(=O)O)C[C@H]1O. The Morgan fingerprint density at radius 1 is 1.50 bits per heavy atom. The Morgan fingerprint density at radius 2 is 2.10 bits per heavy atom. The van der Waals surface area contributed by atoms with Crippen molar-refractivity contribution < 1.29 is 45.0 Å². The Hall–Kier alpha value is -1.30. The highest BCUT2D eigenvalue weighted by Gasteiger charge is 2.53. The summed E-state index contributed by atoms with van der Waals surface area (Å²) >= 11 is 0. The van der Waals surface area contributed by atoms with Crippen molar-refractivity contribution >= 4 is 12.4 Å². The summed E-state index contributed by atoms with van der Waals surface area (Å²) < 4.78 is 4.81. The number of aliphatic hydroxyl groups excluding tert-OH is 4. The Balaban J connectivity index is 3.03. The highest BCUT2D eigenvalue weighted by atomic mass is 16.7. The van der Waals surface area contributed by atoms with E-state index in [1.165, 1.54) is 0 Å². The molecule has 0 bridgehead atoms. The van der Waals surface area contributed by atoms with Crippen molar-refractivity contribution in [1.29, 1.82) is 0 Å². The molecule has 1 aliphatic heterocycles. The fourth-order valence-electron chi connectivity index (χ4n) is 2.01. The third kappa shape index (κ3) is 3.23. The number of aliphatic carboxylic acids is 1. The number of ether oxygens (including phenoxy) is 1. The second-order valence-corrected chi connectivity index (χ2v) is 4.49. The molecule has 1 aliphatic rings. The molecule has 1 heterocycles. The summed E-state index contributed by atoms with van der Waals surface area (Å²) in [5.41, 5.74) is 0. The van der Waals surface area contributed by atoms with E-state index in [9.17, 15) is 30.0 Å². The molecule has 0 aromatic heterocycles. The number of hydrogen-bond acceptors (Lipinski definition) is 8. The van der Waals surface area contributed by atoms with E-state index in [4.69, 9.17) is 14.9 Å². The molecule has 10 nitrogen and oxygen atoms in total. The van der Waals surface area contributed by atoms with Crippen molar-refractivity contribution in [2.45, 2.75) is 42.7 Å². The van der Waals surface area contributed by atoms with Gasteiger partial charge in [0.2, 0.25) is 6.41 Å². The number of carbonyl (C=O) groups is 2. The predicted octanol–water partition coefficient (Wildman–Crippen LogP) is -4.26. The topological polar surface area (TPSA) is 177 Å². The number of hydrogen-bond donors (Lipinski definition) is 7. The van der Waals surface area contributed by atoms with Gasteiger partial charge in [-0.05, 0) is 0 Å². The summed E-state index contributed by atoms with van der Waals surface area (Å²) in [4.78, 5) is 21.4. The molecule has 116 valence electrons. The molecule has 0 unspecified atom stereocenters. The second-order valence-electron chi connectivity index (χ2n) is 4.49. The first-order valence-electron chi connectivity index (χ1n) is 5.75. The van der Waals surface area contributed by atoms with Crippen LogP contribution in [0.15, 0.2) is 0 Å². The first kappa shape index (κ1) is 16.8. The molecule has 0 aromatic rings. The van der Waals surface area contributed by atoms with Crippen molar-refractivity contribution in [2.24, 2.45) is 0 Å². The Labute approximate surface area is 113 Å². The minimum Gasteiger partial charge on any atom is -0.477 e. The van der Waals surface area contributed by atoms with E-state index in [-0.39, 0.29) is 6.41 Å². The van der Waals surface area contributed by atoms with Crippen LogP contribution in [-0.4, -0.2) is 85.9 Å². The van der Waals surface area contributed by atoms with Gasteiger partial charge in [-0.15, -0.1) is 0 Å². The first-order valence-corrected chi connectivity index (χ1v) is 5.75. The summed E-state index contributed by atoms with van der Waals surface area (Å²) in [5, 5.41) is 58.3. The van der Waals surface area contributed by atoms with Crippen LogP contribution in [0.3, 0.4) is 0 Å². The zero-order valence-electron chi connectivity index (χ0n) is 10.3. The average Bonchev–Trinajstić information content (AvgIpc) is 2.39. The minimum atomic E-state index is -2.78. The van der Waals surface area contributed by atoms with Gasteiger partial charge < -0.3 is 40.7 Å². The van der Waals surface area contributed by atoms with Crippen LogP contribution < -0.4 is 5.32 Å². The molecule has 10 heteroatoms. The average molecular weight is 295 g/mol. The van der Waals surface area contributed by atoms with Crippen LogP contribution in [0, 0.1) is 0 Å². The molecule has 0 saturated carbocycles. The van der Waals surface area contributed by atoms with E-state index < -0.39 is 55.2 Å². The van der Waals surface area contributed by atoms with Gasteiger partial charge in [0.15, 0.2) is 0 Å². The van der Waals surface area contributed by atoms with Crippen LogP contribution in [0.2, 0.25) is 0 Å². The first-order chi connectivity index (χ1) is 9.26. The van der Waals surface area contributed by atoms with Gasteiger partial charge in [-0.25, -0.2) is 4.79 Å². The van der Waals surface area contributed by atoms with Gasteiger partial charge in [-0.1, -0.05) is 0 Å². The third-order valence-corrected chi connectivity index (χ3v) is 3.10. The maximum Gasteiger partial charge on any atom is 0.364 e. The number of carboxylic acid groups (broad SMARTS) is 1. The molecule has 1 rings (SSSR count). The van der Waals surface area contributed by atoms with Crippen molar-refractivity contribution in [3.63, 3.8) is 0 Å². The van der Waals surface area contributed by atoms with E-state index in [1.54, 1.807) is 0 Å². The molecule has 0 radical (unpaired) electrons. The Bertz CT molecular complexity index is 365. The van der Waals surface area contributed by atoms with E-state index in [1.807, 2.05) is 0 Å². The minimum absolute atomic E-state index is 0.188. The Kier molecular flexibility index (Phi) is 5.39. The highest BCUT2D eigenvalue weighted by molar-refractivity contribution is 5.75. The van der Waals surface area contributed by atoms with E-state index in [2.05, 4.69) is 5.32 Å². The summed E-state index contributed by atoms with van der Waals surface area (Å²) in [7, 11) is 0. The summed E-state index contributed by atoms with van der Waals surface area (Å²) in [6, 6.07) is -1.26. The fraction of sp³-hybridized carbons (Fsp3) is 0.800. The number of rotatable bonds is 6. The number of carboxylic acids is 1. The standard InChI is InChI=1S/C10H17NO9/c12-2-5(15)7(16)8-6(11-3-13)4(14)1-10(19,20-8)9(17)18/h3-8,12,14-16,19H,1-2H2,(H,11,13)(H,17,18)/t4-,5+,6+,7+,8+,10+/m1/s1. The van der Waals surface area contributed by atoms with Gasteiger partial charge in [-0.3, -0.25) is 4.79 Å². The zero-order valence-corrected chi connectivity index (χ0v) is 10.3. The number of nitrogens with one attached hydrogen (secondary N) is 1. The molecule has 20 heavy (non-hydrogen) atoms. The van der Waals surface area contributed by atoms with Crippen LogP contribution in [0.1, 0.15) is 6.42 Å². The zero-order chi connectivity index (χ0) is 15.5. The quantitative estimate of drug-likeness (QED) is 0.239. The highest BCUT2D eigenvalue weighted by Crippen LogP contribution is 2.30. The molecule has 1 amide bonds. The molecular weight excluding hydrogens is 278 g/mol. The summed E-state index contributed by atoms with van der Waals surface area (Å²) in [5.74, 6) is -4.57. The van der Waals surface area contributed by atoms with Crippen LogP contribution in [0.5, 0.6) is 0 Å². The number of aliphatic hydroxyl groups is 5. The largest absolute Gasteiger partial charge is 0.477 e.